The van der Waals surface area contributed by atoms with Gasteiger partial charge in [-0.2, -0.15) is 5.10 Å². The Morgan fingerprint density at radius 3 is 2.88 bits per heavy atom. The van der Waals surface area contributed by atoms with E-state index >= 15 is 0 Å². The summed E-state index contributed by atoms with van der Waals surface area (Å²) < 4.78 is 1.57. The maximum Gasteiger partial charge on any atom is 0.231 e. The van der Waals surface area contributed by atoms with Crippen molar-refractivity contribution in [3.63, 3.8) is 0 Å². The van der Waals surface area contributed by atoms with Crippen LogP contribution < -0.4 is 11.5 Å². The zero-order chi connectivity index (χ0) is 12.8. The summed E-state index contributed by atoms with van der Waals surface area (Å²) in [7, 11) is 0. The van der Waals surface area contributed by atoms with Crippen molar-refractivity contribution in [1.29, 1.82) is 0 Å². The molecule has 7 heteroatoms. The molecule has 0 radical (unpaired) electrons. The van der Waals surface area contributed by atoms with Crippen molar-refractivity contribution in [3.05, 3.63) is 12.4 Å². The number of nitrogens with two attached hydrogens (primary N) is 2. The molecule has 0 aliphatic carbocycles. The quantitative estimate of drug-likeness (QED) is 0.545. The van der Waals surface area contributed by atoms with E-state index in [2.05, 4.69) is 5.10 Å². The van der Waals surface area contributed by atoms with Gasteiger partial charge >= 0.3 is 0 Å². The molecule has 1 amide bonds. The number of aliphatic hydroxyl groups excluding tert-OH is 1. The molecule has 7 nitrogen and oxygen atoms in total. The van der Waals surface area contributed by atoms with Gasteiger partial charge in [-0.3, -0.25) is 14.4 Å². The molecule has 0 aliphatic heterocycles. The summed E-state index contributed by atoms with van der Waals surface area (Å²) >= 11 is 0. The Kier molecular flexibility index (Phi) is 4.92. The number of primary amides is 1. The molecule has 1 aromatic heterocycles. The molecule has 1 aromatic rings. The van der Waals surface area contributed by atoms with Gasteiger partial charge < -0.3 is 16.6 Å². The fourth-order valence-corrected chi connectivity index (χ4v) is 1.58. The van der Waals surface area contributed by atoms with Crippen LogP contribution in [0.4, 0.5) is 5.69 Å². The van der Waals surface area contributed by atoms with E-state index < -0.39 is 12.0 Å². The number of carbonyl (C=O) groups excluding carboxylic acids is 1. The van der Waals surface area contributed by atoms with E-state index in [-0.39, 0.29) is 6.54 Å². The highest BCUT2D eigenvalue weighted by molar-refractivity contribution is 5.75. The molecule has 0 saturated carbocycles. The van der Waals surface area contributed by atoms with Crippen LogP contribution in [0.15, 0.2) is 12.4 Å². The van der Waals surface area contributed by atoms with Crippen LogP contribution in [0.5, 0.6) is 0 Å². The Morgan fingerprint density at radius 2 is 2.41 bits per heavy atom. The first-order valence-electron chi connectivity index (χ1n) is 5.48. The molecule has 0 fully saturated rings. The molecular weight excluding hydrogens is 222 g/mol. The molecular formula is C10H19N5O2. The SMILES string of the molecule is CCN(CC(N)=O)CC(O)Cn1cc(N)cn1. The van der Waals surface area contributed by atoms with Gasteiger partial charge in [0.05, 0.1) is 31.1 Å². The molecule has 1 rings (SSSR count). The predicted octanol–water partition coefficient (Wildman–Crippen LogP) is -1.37. The minimum atomic E-state index is -0.617. The number of rotatable bonds is 7. The third-order valence-corrected chi connectivity index (χ3v) is 2.35. The van der Waals surface area contributed by atoms with Gasteiger partial charge in [0.1, 0.15) is 0 Å². The Labute approximate surface area is 100.0 Å². The van der Waals surface area contributed by atoms with Crippen molar-refractivity contribution < 1.29 is 9.90 Å². The van der Waals surface area contributed by atoms with Gasteiger partial charge in [-0.25, -0.2) is 0 Å². The maximum atomic E-state index is 10.8. The number of anilines is 1. The van der Waals surface area contributed by atoms with Crippen molar-refractivity contribution in [2.45, 2.75) is 19.6 Å². The molecule has 5 N–H and O–H groups in total. The fourth-order valence-electron chi connectivity index (χ4n) is 1.58. The highest BCUT2D eigenvalue weighted by atomic mass is 16.3. The second kappa shape index (κ2) is 6.21. The molecule has 1 unspecified atom stereocenters. The number of likely N-dealkylation sites (N-methyl/N-ethyl adjacent to an activating group) is 1. The molecule has 0 aliphatic rings. The monoisotopic (exact) mass is 241 g/mol. The molecule has 0 spiro atoms. The average molecular weight is 241 g/mol. The van der Waals surface area contributed by atoms with Crippen LogP contribution in [0, 0.1) is 0 Å². The van der Waals surface area contributed by atoms with Gasteiger partial charge in [0.2, 0.25) is 5.91 Å². The minimum absolute atomic E-state index is 0.148. The van der Waals surface area contributed by atoms with E-state index in [1.165, 1.54) is 6.20 Å². The maximum absolute atomic E-state index is 10.8. The lowest BCUT2D eigenvalue weighted by Gasteiger charge is -2.21. The summed E-state index contributed by atoms with van der Waals surface area (Å²) in [5.41, 5.74) is 11.2. The minimum Gasteiger partial charge on any atom is -0.396 e. The Bertz CT molecular complexity index is 365. The first kappa shape index (κ1) is 13.5. The van der Waals surface area contributed by atoms with Crippen LogP contribution >= 0.6 is 0 Å². The number of hydrogen-bond acceptors (Lipinski definition) is 5. The lowest BCUT2D eigenvalue weighted by atomic mass is 10.3. The highest BCUT2D eigenvalue weighted by Gasteiger charge is 2.13. The molecule has 1 heterocycles. The van der Waals surface area contributed by atoms with Gasteiger partial charge in [0.25, 0.3) is 0 Å². The van der Waals surface area contributed by atoms with Crippen LogP contribution in [-0.2, 0) is 11.3 Å². The number of nitrogen functional groups attached to an aromatic ring is 1. The second-order valence-electron chi connectivity index (χ2n) is 3.94. The number of nitrogens with zero attached hydrogens (tertiary/aromatic N) is 3. The summed E-state index contributed by atoms with van der Waals surface area (Å²) in [6, 6.07) is 0. The summed E-state index contributed by atoms with van der Waals surface area (Å²) in [6.07, 6.45) is 2.55. The van der Waals surface area contributed by atoms with Crippen molar-refractivity contribution in [2.24, 2.45) is 5.73 Å². The number of aliphatic hydroxyl groups is 1. The Hall–Kier alpha value is -1.60. The van der Waals surface area contributed by atoms with E-state index in [0.717, 1.165) is 0 Å². The number of aromatic nitrogens is 2. The zero-order valence-corrected chi connectivity index (χ0v) is 9.91. The van der Waals surface area contributed by atoms with Gasteiger partial charge in [0.15, 0.2) is 0 Å². The van der Waals surface area contributed by atoms with Crippen LogP contribution in [0.2, 0.25) is 0 Å². The molecule has 0 saturated heterocycles. The Morgan fingerprint density at radius 1 is 1.71 bits per heavy atom. The first-order chi connectivity index (χ1) is 8.01. The summed E-state index contributed by atoms with van der Waals surface area (Å²) in [5.74, 6) is -0.401. The lowest BCUT2D eigenvalue weighted by Crippen LogP contribution is -2.40. The summed E-state index contributed by atoms with van der Waals surface area (Å²) in [5, 5.41) is 13.8. The number of amides is 1. The number of carbonyl (C=O) groups is 1. The molecule has 1 atom stereocenters. The van der Waals surface area contributed by atoms with Crippen LogP contribution in [0.1, 0.15) is 6.92 Å². The smallest absolute Gasteiger partial charge is 0.231 e. The van der Waals surface area contributed by atoms with E-state index in [1.807, 2.05) is 6.92 Å². The Balaban J connectivity index is 2.42. The number of hydrogen-bond donors (Lipinski definition) is 3. The standard InChI is InChI=1S/C10H19N5O2/c1-2-14(7-10(12)17)5-9(16)6-15-4-8(11)3-13-15/h3-4,9,16H,2,5-7,11H2,1H3,(H2,12,17). The van der Waals surface area contributed by atoms with Gasteiger partial charge in [0, 0.05) is 12.7 Å². The zero-order valence-electron chi connectivity index (χ0n) is 9.91. The predicted molar refractivity (Wildman–Crippen MR) is 64.0 cm³/mol. The van der Waals surface area contributed by atoms with Gasteiger partial charge in [-0.05, 0) is 6.54 Å². The summed E-state index contributed by atoms with van der Waals surface area (Å²) in [6.45, 7) is 3.42. The fraction of sp³-hybridized carbons (Fsp3) is 0.600. The van der Waals surface area contributed by atoms with Crippen LogP contribution in [-0.4, -0.2) is 51.4 Å². The largest absolute Gasteiger partial charge is 0.396 e. The highest BCUT2D eigenvalue weighted by Crippen LogP contribution is 2.01. The van der Waals surface area contributed by atoms with Crippen molar-refractivity contribution in [3.8, 4) is 0 Å². The van der Waals surface area contributed by atoms with E-state index in [1.54, 1.807) is 15.8 Å². The van der Waals surface area contributed by atoms with E-state index in [4.69, 9.17) is 11.5 Å². The van der Waals surface area contributed by atoms with Crippen LogP contribution in [0.3, 0.4) is 0 Å². The second-order valence-corrected chi connectivity index (χ2v) is 3.94. The van der Waals surface area contributed by atoms with Crippen molar-refractivity contribution in [1.82, 2.24) is 14.7 Å². The van der Waals surface area contributed by atoms with Gasteiger partial charge in [-0.1, -0.05) is 6.92 Å². The molecule has 0 aromatic carbocycles. The normalized spacial score (nSPS) is 12.9. The van der Waals surface area contributed by atoms with Gasteiger partial charge in [-0.15, -0.1) is 0 Å². The van der Waals surface area contributed by atoms with E-state index in [9.17, 15) is 9.90 Å². The molecule has 96 valence electrons. The summed E-state index contributed by atoms with van der Waals surface area (Å²) in [4.78, 5) is 12.6. The topological polar surface area (TPSA) is 110 Å². The van der Waals surface area contributed by atoms with E-state index in [0.29, 0.717) is 25.3 Å². The first-order valence-corrected chi connectivity index (χ1v) is 5.48. The molecule has 0 bridgehead atoms. The molecule has 17 heavy (non-hydrogen) atoms. The van der Waals surface area contributed by atoms with Crippen molar-refractivity contribution in [2.75, 3.05) is 25.4 Å². The third-order valence-electron chi connectivity index (χ3n) is 2.35. The van der Waals surface area contributed by atoms with Crippen molar-refractivity contribution >= 4 is 11.6 Å². The lowest BCUT2D eigenvalue weighted by molar-refractivity contribution is -0.119. The van der Waals surface area contributed by atoms with Crippen LogP contribution in [0.25, 0.3) is 0 Å². The average Bonchev–Trinajstić information content (AvgIpc) is 2.62. The third kappa shape index (κ3) is 4.83.